The number of nitrogens with zero attached hydrogens (tertiary/aromatic N) is 5. The summed E-state index contributed by atoms with van der Waals surface area (Å²) in [6, 6.07) is 24.8. The Morgan fingerprint density at radius 2 is 1.27 bits per heavy atom. The molecular formula is C46H43F6N7O4. The molecule has 2 N–H and O–H groups in total. The number of methoxy groups -OCH3 is 2. The number of fused-ring (bicyclic) bond motifs is 1. The molecule has 0 radical (unpaired) electrons. The van der Waals surface area contributed by atoms with E-state index in [1.807, 2.05) is 36.4 Å². The average Bonchev–Trinajstić information content (AvgIpc) is 4.08. The number of likely N-dealkylation sites (tertiary alicyclic amines) is 2. The Hall–Kier alpha value is -6.33. The number of amides is 2. The van der Waals surface area contributed by atoms with Crippen molar-refractivity contribution in [3.8, 4) is 22.4 Å². The number of benzene rings is 4. The molecular weight excluding hydrogens is 829 g/mol. The van der Waals surface area contributed by atoms with E-state index in [1.54, 1.807) is 30.7 Å². The van der Waals surface area contributed by atoms with Gasteiger partial charge in [0, 0.05) is 75.0 Å². The number of aromatic nitrogens is 4. The second-order valence-corrected chi connectivity index (χ2v) is 15.7. The minimum atomic E-state index is -5.03. The highest BCUT2D eigenvalue weighted by Crippen LogP contribution is 2.47. The summed E-state index contributed by atoms with van der Waals surface area (Å²) >= 11 is 0. The standard InChI is InChI=1S/C46H43F6N7O4/c1-62-43(45(47,48)49,35-10-5-3-6-11-35)40(60)58-21-19-29(28-58)24-54-42-55-25-34(26-56-42)32-16-15-31-23-33(18-17-30(31)22-32)37-27-53-39(57-37)38-14-9-20-59(38)41(61)44(63-2,46(50,51)52)36-12-7-4-8-13-36/h3-8,10-13,15-18,22-23,25-27,29,38H,9,14,19-21,24,28H2,1-2H3,(H,53,57)(H,54,55,56)/t29-,38+,43+,44+/m1/s1. The van der Waals surface area contributed by atoms with Gasteiger partial charge in [-0.3, -0.25) is 9.59 Å². The fourth-order valence-electron chi connectivity index (χ4n) is 8.76. The zero-order valence-corrected chi connectivity index (χ0v) is 34.2. The van der Waals surface area contributed by atoms with Crippen LogP contribution in [0.5, 0.6) is 0 Å². The fourth-order valence-corrected chi connectivity index (χ4v) is 8.76. The maximum absolute atomic E-state index is 14.7. The third kappa shape index (κ3) is 7.88. The fraction of sp³-hybridized carbons (Fsp3) is 0.326. The first-order valence-corrected chi connectivity index (χ1v) is 20.3. The van der Waals surface area contributed by atoms with Crippen LogP contribution in [-0.2, 0) is 30.3 Å². The van der Waals surface area contributed by atoms with E-state index in [9.17, 15) is 35.9 Å². The Balaban J connectivity index is 0.911. The summed E-state index contributed by atoms with van der Waals surface area (Å²) < 4.78 is 97.7. The molecule has 2 aliphatic rings. The highest BCUT2D eigenvalue weighted by atomic mass is 19.4. The number of aromatic amines is 1. The third-order valence-electron chi connectivity index (χ3n) is 12.1. The first kappa shape index (κ1) is 43.3. The number of halogens is 6. The van der Waals surface area contributed by atoms with Crippen LogP contribution in [0, 0.1) is 5.92 Å². The third-order valence-corrected chi connectivity index (χ3v) is 12.1. The second-order valence-electron chi connectivity index (χ2n) is 15.7. The topological polar surface area (TPSA) is 126 Å². The lowest BCUT2D eigenvalue weighted by atomic mass is 9.90. The van der Waals surface area contributed by atoms with Crippen molar-refractivity contribution in [3.05, 3.63) is 133 Å². The van der Waals surface area contributed by atoms with Gasteiger partial charge in [-0.1, -0.05) is 84.9 Å². The summed E-state index contributed by atoms with van der Waals surface area (Å²) in [5.74, 6) is -1.78. The summed E-state index contributed by atoms with van der Waals surface area (Å²) in [6.45, 7) is 0.705. The molecule has 11 nitrogen and oxygen atoms in total. The van der Waals surface area contributed by atoms with Crippen molar-refractivity contribution < 1.29 is 45.4 Å². The number of carbonyl (C=O) groups is 2. The molecule has 0 spiro atoms. The van der Waals surface area contributed by atoms with Crippen LogP contribution in [0.2, 0.25) is 0 Å². The van der Waals surface area contributed by atoms with E-state index in [1.165, 1.54) is 58.3 Å². The Labute approximate surface area is 358 Å². The summed E-state index contributed by atoms with van der Waals surface area (Å²) in [7, 11) is 1.79. The number of ether oxygens (including phenoxy) is 2. The zero-order chi connectivity index (χ0) is 44.6. The minimum absolute atomic E-state index is 0.106. The second kappa shape index (κ2) is 17.1. The molecule has 17 heteroatoms. The van der Waals surface area contributed by atoms with Crippen LogP contribution in [0.25, 0.3) is 33.2 Å². The summed E-state index contributed by atoms with van der Waals surface area (Å²) in [6.07, 6.45) is -3.66. The van der Waals surface area contributed by atoms with Gasteiger partial charge in [-0.2, -0.15) is 26.3 Å². The maximum atomic E-state index is 14.7. The van der Waals surface area contributed by atoms with Crippen LogP contribution >= 0.6 is 0 Å². The van der Waals surface area contributed by atoms with E-state index in [0.717, 1.165) is 41.7 Å². The Bertz CT molecular complexity index is 2570. The number of hydrogen-bond donors (Lipinski definition) is 2. The Kier molecular flexibility index (Phi) is 11.8. The smallest absolute Gasteiger partial charge is 0.356 e. The molecule has 2 amide bonds. The van der Waals surface area contributed by atoms with E-state index in [4.69, 9.17) is 9.47 Å². The van der Waals surface area contributed by atoms with E-state index in [2.05, 4.69) is 25.3 Å². The number of carbonyl (C=O) groups excluding carboxylic acids is 2. The van der Waals surface area contributed by atoms with Gasteiger partial charge in [0.1, 0.15) is 5.82 Å². The van der Waals surface area contributed by atoms with Gasteiger partial charge in [0.15, 0.2) is 0 Å². The van der Waals surface area contributed by atoms with Crippen molar-refractivity contribution in [3.63, 3.8) is 0 Å². The Morgan fingerprint density at radius 1 is 0.698 bits per heavy atom. The van der Waals surface area contributed by atoms with Gasteiger partial charge in [-0.25, -0.2) is 15.0 Å². The van der Waals surface area contributed by atoms with Gasteiger partial charge in [0.2, 0.25) is 5.95 Å². The first-order valence-electron chi connectivity index (χ1n) is 20.3. The number of alkyl halides is 6. The van der Waals surface area contributed by atoms with Gasteiger partial charge in [-0.05, 0) is 53.6 Å². The number of nitrogens with one attached hydrogen (secondary N) is 2. The molecule has 8 rings (SSSR count). The van der Waals surface area contributed by atoms with Crippen LogP contribution in [0.3, 0.4) is 0 Å². The number of rotatable bonds is 12. The number of anilines is 1. The molecule has 328 valence electrons. The van der Waals surface area contributed by atoms with E-state index in [0.29, 0.717) is 43.3 Å². The summed E-state index contributed by atoms with van der Waals surface area (Å²) in [5, 5.41) is 4.98. The van der Waals surface area contributed by atoms with Gasteiger partial charge in [0.25, 0.3) is 23.0 Å². The SMILES string of the molecule is CO[C@](C(=O)N1CC[C@H](CNc2ncc(-c3ccc4cc(-c5cnc([C@@H]6CCCN6C(=O)[C@@](OC)(c6ccccc6)C(F)(F)F)[nH]5)ccc4c3)cn2)C1)(c1ccccc1)C(F)(F)F. The molecule has 4 aromatic carbocycles. The number of imidazole rings is 1. The van der Waals surface area contributed by atoms with Crippen molar-refractivity contribution in [2.75, 3.05) is 45.7 Å². The molecule has 2 aliphatic heterocycles. The highest BCUT2D eigenvalue weighted by Gasteiger charge is 2.65. The van der Waals surface area contributed by atoms with E-state index in [-0.39, 0.29) is 36.7 Å². The predicted octanol–water partition coefficient (Wildman–Crippen LogP) is 8.82. The predicted molar refractivity (Wildman–Crippen MR) is 222 cm³/mol. The average molecular weight is 872 g/mol. The van der Waals surface area contributed by atoms with Gasteiger partial charge >= 0.3 is 12.4 Å². The van der Waals surface area contributed by atoms with Crippen molar-refractivity contribution in [2.24, 2.45) is 5.92 Å². The lowest BCUT2D eigenvalue weighted by molar-refractivity contribution is -0.271. The van der Waals surface area contributed by atoms with Gasteiger partial charge < -0.3 is 29.6 Å². The van der Waals surface area contributed by atoms with Crippen LogP contribution in [-0.4, -0.2) is 94.3 Å². The lowest BCUT2D eigenvalue weighted by Crippen LogP contribution is -2.56. The molecule has 0 unspecified atom stereocenters. The molecule has 2 aromatic heterocycles. The van der Waals surface area contributed by atoms with Crippen LogP contribution < -0.4 is 5.32 Å². The van der Waals surface area contributed by atoms with E-state index >= 15 is 0 Å². The van der Waals surface area contributed by atoms with Crippen LogP contribution in [0.15, 0.2) is 116 Å². The molecule has 4 heterocycles. The van der Waals surface area contributed by atoms with Crippen molar-refractivity contribution >= 4 is 28.5 Å². The van der Waals surface area contributed by atoms with Crippen LogP contribution in [0.4, 0.5) is 32.3 Å². The Morgan fingerprint density at radius 3 is 1.86 bits per heavy atom. The zero-order valence-electron chi connectivity index (χ0n) is 34.2. The lowest BCUT2D eigenvalue weighted by Gasteiger charge is -2.38. The summed E-state index contributed by atoms with van der Waals surface area (Å²) in [5.41, 5.74) is -3.83. The molecule has 6 aromatic rings. The summed E-state index contributed by atoms with van der Waals surface area (Å²) in [4.78, 5) is 46.4. The molecule has 63 heavy (non-hydrogen) atoms. The van der Waals surface area contributed by atoms with E-state index < -0.39 is 41.4 Å². The van der Waals surface area contributed by atoms with Crippen molar-refractivity contribution in [1.29, 1.82) is 0 Å². The highest BCUT2D eigenvalue weighted by molar-refractivity contribution is 5.91. The van der Waals surface area contributed by atoms with Gasteiger partial charge in [0.05, 0.1) is 17.9 Å². The molecule has 0 bridgehead atoms. The molecule has 0 saturated carbocycles. The first-order chi connectivity index (χ1) is 30.2. The molecule has 2 fully saturated rings. The number of hydrogen-bond acceptors (Lipinski definition) is 8. The maximum Gasteiger partial charge on any atom is 0.430 e. The van der Waals surface area contributed by atoms with Crippen molar-refractivity contribution in [1.82, 2.24) is 29.7 Å². The number of H-pyrrole nitrogens is 1. The quantitative estimate of drug-likeness (QED) is 0.117. The largest absolute Gasteiger partial charge is 0.430 e. The minimum Gasteiger partial charge on any atom is -0.356 e. The normalized spacial score (nSPS) is 18.9. The molecule has 4 atom stereocenters. The van der Waals surface area contributed by atoms with Crippen LogP contribution in [0.1, 0.15) is 42.3 Å². The molecule has 2 saturated heterocycles. The molecule has 0 aliphatic carbocycles. The monoisotopic (exact) mass is 871 g/mol. The van der Waals surface area contributed by atoms with Gasteiger partial charge in [-0.15, -0.1) is 0 Å². The van der Waals surface area contributed by atoms with Crippen molar-refractivity contribution in [2.45, 2.75) is 48.9 Å².